The van der Waals surface area contributed by atoms with Gasteiger partial charge in [0.1, 0.15) is 5.69 Å². The van der Waals surface area contributed by atoms with Crippen molar-refractivity contribution in [3.8, 4) is 11.4 Å². The zero-order chi connectivity index (χ0) is 29.4. The highest BCUT2D eigenvalue weighted by atomic mass is 19.3. The third-order valence-corrected chi connectivity index (χ3v) is 8.21. The summed E-state index contributed by atoms with van der Waals surface area (Å²) in [6.07, 6.45) is 2.26. The van der Waals surface area contributed by atoms with Crippen LogP contribution < -0.4 is 10.2 Å². The predicted octanol–water partition coefficient (Wildman–Crippen LogP) is 3.14. The Balaban J connectivity index is 1.31. The molecule has 2 aliphatic heterocycles. The molecule has 3 aliphatic rings. The molecule has 3 aromatic heterocycles. The standard InChI is InChI=1S/C25H30F4N8O4/c1-22(26,27)7-8-36-18-9-16(30-10-15(18)20(34-36)35-12-14(13-35)41-2)19-17(11-31-33-19)32-21(38)37-23(3-4-23)5-6-24(28,29)25(37,39)40/h9-11,14,39-40H,3-8,12-13H2,1-2H3,(H,31,33)(H,32,38). The van der Waals surface area contributed by atoms with Gasteiger partial charge in [-0.3, -0.25) is 19.7 Å². The van der Waals surface area contributed by atoms with Gasteiger partial charge in [0.15, 0.2) is 5.82 Å². The number of pyridine rings is 1. The minimum absolute atomic E-state index is 0.0322. The molecule has 222 valence electrons. The average molecular weight is 583 g/mol. The van der Waals surface area contributed by atoms with Gasteiger partial charge in [0.25, 0.3) is 0 Å². The minimum Gasteiger partial charge on any atom is -0.378 e. The van der Waals surface area contributed by atoms with Crippen molar-refractivity contribution in [2.45, 2.75) is 75.0 Å². The Kier molecular flexibility index (Phi) is 6.24. The van der Waals surface area contributed by atoms with Crippen molar-refractivity contribution in [3.63, 3.8) is 0 Å². The number of hydrogen-bond acceptors (Lipinski definition) is 8. The zero-order valence-corrected chi connectivity index (χ0v) is 22.4. The van der Waals surface area contributed by atoms with Crippen LogP contribution in [0.1, 0.15) is 39.0 Å². The molecule has 1 saturated carbocycles. The van der Waals surface area contributed by atoms with Crippen molar-refractivity contribution in [1.82, 2.24) is 29.9 Å². The van der Waals surface area contributed by atoms with Gasteiger partial charge in [-0.25, -0.2) is 13.6 Å². The Morgan fingerprint density at radius 1 is 1.22 bits per heavy atom. The van der Waals surface area contributed by atoms with E-state index >= 15 is 0 Å². The third kappa shape index (κ3) is 4.67. The zero-order valence-electron chi connectivity index (χ0n) is 22.4. The van der Waals surface area contributed by atoms with Crippen LogP contribution in [0, 0.1) is 0 Å². The summed E-state index contributed by atoms with van der Waals surface area (Å²) in [6.45, 7) is 1.93. The summed E-state index contributed by atoms with van der Waals surface area (Å²) in [6, 6.07) is 0.481. The topological polar surface area (TPSA) is 145 Å². The van der Waals surface area contributed by atoms with Crippen molar-refractivity contribution in [2.75, 3.05) is 30.4 Å². The summed E-state index contributed by atoms with van der Waals surface area (Å²) in [7, 11) is 1.61. The number of rotatable bonds is 7. The lowest BCUT2D eigenvalue weighted by Gasteiger charge is -2.48. The van der Waals surface area contributed by atoms with Gasteiger partial charge in [-0.05, 0) is 32.3 Å². The molecule has 0 atom stereocenters. The van der Waals surface area contributed by atoms with Gasteiger partial charge in [-0.15, -0.1) is 0 Å². The number of nitrogens with zero attached hydrogens (tertiary/aromatic N) is 6. The number of aromatic amines is 1. The first-order chi connectivity index (χ1) is 19.2. The number of hydrogen-bond donors (Lipinski definition) is 4. The molecule has 1 aliphatic carbocycles. The molecule has 41 heavy (non-hydrogen) atoms. The molecular weight excluding hydrogens is 552 g/mol. The predicted molar refractivity (Wildman–Crippen MR) is 138 cm³/mol. The fourth-order valence-corrected chi connectivity index (χ4v) is 5.54. The van der Waals surface area contributed by atoms with E-state index in [1.807, 2.05) is 4.90 Å². The largest absolute Gasteiger partial charge is 0.378 e. The van der Waals surface area contributed by atoms with Crippen LogP contribution in [-0.4, -0.2) is 95.7 Å². The molecule has 2 saturated heterocycles. The lowest BCUT2D eigenvalue weighted by molar-refractivity contribution is -0.378. The molecule has 3 aromatic rings. The van der Waals surface area contributed by atoms with E-state index in [9.17, 15) is 32.6 Å². The fourth-order valence-electron chi connectivity index (χ4n) is 5.54. The number of aliphatic hydroxyl groups is 2. The Morgan fingerprint density at radius 2 is 1.93 bits per heavy atom. The first-order valence-corrected chi connectivity index (χ1v) is 13.2. The van der Waals surface area contributed by atoms with Crippen LogP contribution in [0.2, 0.25) is 0 Å². The SMILES string of the molecule is COC1CN(c2nn(CCC(C)(F)F)c3cc(-c4[nH]ncc4NC(=O)N4C5(CC5)CCC(F)(F)C4(O)O)ncc23)C1. The van der Waals surface area contributed by atoms with Crippen LogP contribution in [0.5, 0.6) is 0 Å². The number of carbonyl (C=O) groups is 1. The van der Waals surface area contributed by atoms with Gasteiger partial charge in [-0.2, -0.15) is 19.0 Å². The average Bonchev–Trinajstić information content (AvgIpc) is 3.32. The van der Waals surface area contributed by atoms with Crippen LogP contribution in [0.3, 0.4) is 0 Å². The van der Waals surface area contributed by atoms with E-state index in [1.165, 1.54) is 17.1 Å². The van der Waals surface area contributed by atoms with Crippen LogP contribution in [0.25, 0.3) is 22.3 Å². The number of fused-ring (bicyclic) bond motifs is 1. The van der Waals surface area contributed by atoms with Crippen LogP contribution >= 0.6 is 0 Å². The molecule has 4 N–H and O–H groups in total. The second-order valence-corrected chi connectivity index (χ2v) is 11.2. The molecule has 0 unspecified atom stereocenters. The monoisotopic (exact) mass is 582 g/mol. The van der Waals surface area contributed by atoms with Gasteiger partial charge < -0.3 is 25.2 Å². The van der Waals surface area contributed by atoms with Crippen molar-refractivity contribution in [1.29, 1.82) is 0 Å². The third-order valence-electron chi connectivity index (χ3n) is 8.21. The molecule has 16 heteroatoms. The van der Waals surface area contributed by atoms with E-state index in [-0.39, 0.29) is 36.1 Å². The molecular formula is C25H30F4N8O4. The second-order valence-electron chi connectivity index (χ2n) is 11.2. The molecule has 5 heterocycles. The molecule has 3 fully saturated rings. The van der Waals surface area contributed by atoms with Gasteiger partial charge in [0.2, 0.25) is 5.92 Å². The van der Waals surface area contributed by atoms with Crippen molar-refractivity contribution in [3.05, 3.63) is 18.5 Å². The highest BCUT2D eigenvalue weighted by molar-refractivity contribution is 5.96. The van der Waals surface area contributed by atoms with E-state index in [0.29, 0.717) is 47.6 Å². The van der Waals surface area contributed by atoms with E-state index < -0.39 is 42.2 Å². The fraction of sp³-hybridized carbons (Fsp3) is 0.600. The molecule has 0 radical (unpaired) electrons. The Labute approximate surface area is 231 Å². The normalized spacial score (nSPS) is 21.4. The number of halogens is 4. The number of alkyl halides is 4. The lowest BCUT2D eigenvalue weighted by Crippen LogP contribution is -2.70. The number of amides is 2. The molecule has 2 amide bonds. The Morgan fingerprint density at radius 3 is 2.59 bits per heavy atom. The number of nitrogens with one attached hydrogen (secondary N) is 2. The van der Waals surface area contributed by atoms with Gasteiger partial charge in [0.05, 0.1) is 40.1 Å². The number of likely N-dealkylation sites (tertiary alicyclic amines) is 1. The van der Waals surface area contributed by atoms with Gasteiger partial charge in [0, 0.05) is 45.8 Å². The first-order valence-electron chi connectivity index (χ1n) is 13.2. The summed E-state index contributed by atoms with van der Waals surface area (Å²) in [5, 5.41) is 35.0. The first kappa shape index (κ1) is 27.7. The Hall–Kier alpha value is -3.50. The van der Waals surface area contributed by atoms with E-state index in [4.69, 9.17) is 4.74 Å². The highest BCUT2D eigenvalue weighted by Gasteiger charge is 2.70. The maximum atomic E-state index is 14.4. The Bertz CT molecular complexity index is 1480. The quantitative estimate of drug-likeness (QED) is 0.246. The molecule has 6 rings (SSSR count). The van der Waals surface area contributed by atoms with Crippen LogP contribution in [0.4, 0.5) is 33.9 Å². The van der Waals surface area contributed by atoms with Crippen molar-refractivity contribution < 1.29 is 37.3 Å². The number of piperidine rings is 1. The lowest BCUT2D eigenvalue weighted by atomic mass is 9.94. The van der Waals surface area contributed by atoms with Crippen molar-refractivity contribution >= 4 is 28.4 Å². The van der Waals surface area contributed by atoms with E-state index in [1.54, 1.807) is 13.2 Å². The molecule has 0 bridgehead atoms. The summed E-state index contributed by atoms with van der Waals surface area (Å²) < 4.78 is 63.1. The summed E-state index contributed by atoms with van der Waals surface area (Å²) >= 11 is 0. The molecule has 1 spiro atoms. The number of ether oxygens (including phenoxy) is 1. The maximum absolute atomic E-state index is 14.4. The number of H-pyrrole nitrogens is 1. The summed E-state index contributed by atoms with van der Waals surface area (Å²) in [4.78, 5) is 20.1. The summed E-state index contributed by atoms with van der Waals surface area (Å²) in [5.74, 6) is -9.93. The maximum Gasteiger partial charge on any atom is 0.326 e. The number of aromatic nitrogens is 5. The van der Waals surface area contributed by atoms with Crippen molar-refractivity contribution in [2.24, 2.45) is 0 Å². The van der Waals surface area contributed by atoms with Gasteiger partial charge >= 0.3 is 17.9 Å². The number of methoxy groups -OCH3 is 1. The number of aryl methyl sites for hydroxylation is 1. The molecule has 12 nitrogen and oxygen atoms in total. The highest BCUT2D eigenvalue weighted by Crippen LogP contribution is 2.56. The second kappa shape index (κ2) is 9.25. The van der Waals surface area contributed by atoms with Gasteiger partial charge in [-0.1, -0.05) is 0 Å². The number of carbonyl (C=O) groups excluding carboxylic acids is 1. The van der Waals surface area contributed by atoms with Crippen LogP contribution in [-0.2, 0) is 11.3 Å². The number of anilines is 2. The summed E-state index contributed by atoms with van der Waals surface area (Å²) in [5.41, 5.74) is -0.0317. The van der Waals surface area contributed by atoms with E-state index in [2.05, 4.69) is 25.6 Å². The smallest absolute Gasteiger partial charge is 0.326 e. The van der Waals surface area contributed by atoms with Crippen LogP contribution in [0.15, 0.2) is 18.5 Å². The number of urea groups is 1. The van der Waals surface area contributed by atoms with E-state index in [0.717, 1.165) is 6.92 Å². The minimum atomic E-state index is -3.92. The molecule has 0 aromatic carbocycles.